The molecule has 6 heteroatoms. The van der Waals surface area contributed by atoms with E-state index >= 15 is 0 Å². The SMILES string of the molecule is Cn1ccc2cc(C(=O)N3CC4(C3)OCCC4CCOCc3ccccn3)ccc21. The minimum Gasteiger partial charge on any atom is -0.375 e. The van der Waals surface area contributed by atoms with Gasteiger partial charge in [-0.3, -0.25) is 9.78 Å². The fourth-order valence-corrected chi connectivity index (χ4v) is 4.77. The number of benzene rings is 1. The van der Waals surface area contributed by atoms with Crippen molar-refractivity contribution in [1.82, 2.24) is 14.5 Å². The first-order valence-electron chi connectivity index (χ1n) is 10.6. The van der Waals surface area contributed by atoms with Crippen LogP contribution in [0.1, 0.15) is 28.9 Å². The van der Waals surface area contributed by atoms with Gasteiger partial charge < -0.3 is 18.9 Å². The van der Waals surface area contributed by atoms with Crippen molar-refractivity contribution in [1.29, 1.82) is 0 Å². The van der Waals surface area contributed by atoms with E-state index in [1.54, 1.807) is 6.20 Å². The van der Waals surface area contributed by atoms with E-state index in [1.165, 1.54) is 0 Å². The summed E-state index contributed by atoms with van der Waals surface area (Å²) in [5.74, 6) is 0.522. The number of likely N-dealkylation sites (tertiary alicyclic amines) is 1. The van der Waals surface area contributed by atoms with Crippen molar-refractivity contribution in [3.63, 3.8) is 0 Å². The van der Waals surface area contributed by atoms with Crippen LogP contribution in [-0.2, 0) is 23.1 Å². The van der Waals surface area contributed by atoms with E-state index in [9.17, 15) is 4.79 Å². The Kier molecular flexibility index (Phi) is 5.05. The quantitative estimate of drug-likeness (QED) is 0.590. The molecule has 1 atom stereocenters. The number of nitrogens with zero attached hydrogens (tertiary/aromatic N) is 3. The standard InChI is InChI=1S/C24H27N3O3/c1-26-11-7-18-14-19(5-6-22(18)26)23(28)27-16-24(17-27)20(9-13-30-24)8-12-29-15-21-4-2-3-10-25-21/h2-7,10-11,14,20H,8-9,12-13,15-17H2,1H3. The van der Waals surface area contributed by atoms with Gasteiger partial charge in [-0.2, -0.15) is 0 Å². The minimum atomic E-state index is -0.194. The second-order valence-corrected chi connectivity index (χ2v) is 8.42. The van der Waals surface area contributed by atoms with Gasteiger partial charge in [0, 0.05) is 49.1 Å². The third kappa shape index (κ3) is 3.50. The topological polar surface area (TPSA) is 56.6 Å². The largest absolute Gasteiger partial charge is 0.375 e. The summed E-state index contributed by atoms with van der Waals surface area (Å²) in [4.78, 5) is 19.2. The fourth-order valence-electron chi connectivity index (χ4n) is 4.77. The van der Waals surface area contributed by atoms with Gasteiger partial charge in [-0.1, -0.05) is 6.07 Å². The van der Waals surface area contributed by atoms with Gasteiger partial charge in [-0.25, -0.2) is 0 Å². The Balaban J connectivity index is 1.16. The molecule has 4 heterocycles. The van der Waals surface area contributed by atoms with Crippen LogP contribution in [0.25, 0.3) is 10.9 Å². The van der Waals surface area contributed by atoms with Crippen molar-refractivity contribution in [3.05, 3.63) is 66.1 Å². The monoisotopic (exact) mass is 405 g/mol. The molecule has 30 heavy (non-hydrogen) atoms. The molecule has 0 aliphatic carbocycles. The van der Waals surface area contributed by atoms with E-state index in [0.717, 1.165) is 41.6 Å². The number of fused-ring (bicyclic) bond motifs is 1. The normalized spacial score (nSPS) is 20.0. The highest BCUT2D eigenvalue weighted by atomic mass is 16.5. The van der Waals surface area contributed by atoms with Crippen LogP contribution in [0.5, 0.6) is 0 Å². The molecule has 5 rings (SSSR count). The number of carbonyl (C=O) groups excluding carboxylic acids is 1. The summed E-state index contributed by atoms with van der Waals surface area (Å²) in [6.45, 7) is 3.33. The molecule has 1 unspecified atom stereocenters. The molecule has 3 aromatic rings. The Morgan fingerprint density at radius 1 is 1.27 bits per heavy atom. The minimum absolute atomic E-state index is 0.0898. The van der Waals surface area contributed by atoms with Gasteiger partial charge in [0.2, 0.25) is 0 Å². The molecule has 0 N–H and O–H groups in total. The van der Waals surface area contributed by atoms with E-state index < -0.39 is 0 Å². The maximum atomic E-state index is 13.0. The van der Waals surface area contributed by atoms with Crippen LogP contribution < -0.4 is 0 Å². The molecular formula is C24H27N3O3. The van der Waals surface area contributed by atoms with Crippen LogP contribution >= 0.6 is 0 Å². The molecule has 1 aromatic carbocycles. The van der Waals surface area contributed by atoms with Crippen molar-refractivity contribution in [3.8, 4) is 0 Å². The van der Waals surface area contributed by atoms with Crippen molar-refractivity contribution < 1.29 is 14.3 Å². The number of aromatic nitrogens is 2. The lowest BCUT2D eigenvalue weighted by atomic mass is 9.79. The van der Waals surface area contributed by atoms with Crippen LogP contribution in [0.15, 0.2) is 54.9 Å². The van der Waals surface area contributed by atoms with E-state index in [4.69, 9.17) is 9.47 Å². The second-order valence-electron chi connectivity index (χ2n) is 8.42. The molecule has 6 nitrogen and oxygen atoms in total. The zero-order valence-electron chi connectivity index (χ0n) is 17.3. The van der Waals surface area contributed by atoms with Crippen LogP contribution in [0.4, 0.5) is 0 Å². The lowest BCUT2D eigenvalue weighted by molar-refractivity contribution is -0.120. The van der Waals surface area contributed by atoms with Gasteiger partial charge in [0.15, 0.2) is 0 Å². The number of amides is 1. The molecule has 1 amide bonds. The van der Waals surface area contributed by atoms with Crippen LogP contribution in [0, 0.1) is 5.92 Å². The van der Waals surface area contributed by atoms with Gasteiger partial charge >= 0.3 is 0 Å². The summed E-state index contributed by atoms with van der Waals surface area (Å²) in [6.07, 6.45) is 5.79. The van der Waals surface area contributed by atoms with Crippen LogP contribution in [0.3, 0.4) is 0 Å². The Hall–Kier alpha value is -2.70. The van der Waals surface area contributed by atoms with Gasteiger partial charge in [0.25, 0.3) is 5.91 Å². The van der Waals surface area contributed by atoms with E-state index in [2.05, 4.69) is 9.55 Å². The second kappa shape index (κ2) is 7.85. The third-order valence-electron chi connectivity index (χ3n) is 6.52. The molecule has 2 aromatic heterocycles. The number of ether oxygens (including phenoxy) is 2. The Labute approximate surface area is 176 Å². The molecule has 0 saturated carbocycles. The Bertz CT molecular complexity index is 1040. The molecule has 2 fully saturated rings. The lowest BCUT2D eigenvalue weighted by Crippen LogP contribution is -2.66. The lowest BCUT2D eigenvalue weighted by Gasteiger charge is -2.50. The summed E-state index contributed by atoms with van der Waals surface area (Å²) in [7, 11) is 2.01. The van der Waals surface area contributed by atoms with Gasteiger partial charge in [-0.15, -0.1) is 0 Å². The number of rotatable bonds is 6. The number of hydrogen-bond donors (Lipinski definition) is 0. The smallest absolute Gasteiger partial charge is 0.254 e. The molecule has 2 aliphatic heterocycles. The first-order valence-corrected chi connectivity index (χ1v) is 10.6. The highest BCUT2D eigenvalue weighted by Crippen LogP contribution is 2.42. The predicted octanol–water partition coefficient (Wildman–Crippen LogP) is 3.41. The molecule has 0 bridgehead atoms. The third-order valence-corrected chi connectivity index (χ3v) is 6.52. The first-order chi connectivity index (χ1) is 14.6. The fraction of sp³-hybridized carbons (Fsp3) is 0.417. The van der Waals surface area contributed by atoms with Crippen molar-refractivity contribution in [2.24, 2.45) is 13.0 Å². The van der Waals surface area contributed by atoms with E-state index in [1.807, 2.05) is 60.6 Å². The summed E-state index contributed by atoms with van der Waals surface area (Å²) in [5.41, 5.74) is 2.64. The van der Waals surface area contributed by atoms with Crippen molar-refractivity contribution in [2.75, 3.05) is 26.3 Å². The van der Waals surface area contributed by atoms with Crippen LogP contribution in [-0.4, -0.2) is 52.3 Å². The predicted molar refractivity (Wildman–Crippen MR) is 114 cm³/mol. The number of carbonyl (C=O) groups is 1. The summed E-state index contributed by atoms with van der Waals surface area (Å²) >= 11 is 0. The van der Waals surface area contributed by atoms with Crippen molar-refractivity contribution in [2.45, 2.75) is 25.0 Å². The average molecular weight is 405 g/mol. The zero-order valence-corrected chi connectivity index (χ0v) is 17.3. The van der Waals surface area contributed by atoms with Crippen molar-refractivity contribution >= 4 is 16.8 Å². The number of pyridine rings is 1. The Morgan fingerprint density at radius 3 is 3.00 bits per heavy atom. The van der Waals surface area contributed by atoms with E-state index in [-0.39, 0.29) is 11.5 Å². The number of aryl methyl sites for hydroxylation is 1. The molecule has 2 aliphatic rings. The maximum Gasteiger partial charge on any atom is 0.254 e. The summed E-state index contributed by atoms with van der Waals surface area (Å²) in [5, 5.41) is 1.10. The van der Waals surface area contributed by atoms with Gasteiger partial charge in [0.05, 0.1) is 25.4 Å². The maximum absolute atomic E-state index is 13.0. The van der Waals surface area contributed by atoms with Gasteiger partial charge in [0.1, 0.15) is 5.60 Å². The molecule has 156 valence electrons. The number of hydrogen-bond acceptors (Lipinski definition) is 4. The molecule has 2 saturated heterocycles. The van der Waals surface area contributed by atoms with E-state index in [0.29, 0.717) is 32.2 Å². The highest BCUT2D eigenvalue weighted by Gasteiger charge is 2.54. The molecule has 0 radical (unpaired) electrons. The first kappa shape index (κ1) is 19.3. The summed E-state index contributed by atoms with van der Waals surface area (Å²) < 4.78 is 14.0. The molecule has 1 spiro atoms. The highest BCUT2D eigenvalue weighted by molar-refractivity contribution is 5.98. The van der Waals surface area contributed by atoms with Crippen LogP contribution in [0.2, 0.25) is 0 Å². The Morgan fingerprint density at radius 2 is 2.17 bits per heavy atom. The van der Waals surface area contributed by atoms with Gasteiger partial charge in [-0.05, 0) is 55.2 Å². The zero-order chi connectivity index (χ0) is 20.6. The molecular weight excluding hydrogens is 378 g/mol. The average Bonchev–Trinajstić information content (AvgIpc) is 3.34. The summed E-state index contributed by atoms with van der Waals surface area (Å²) in [6, 6.07) is 13.8.